The van der Waals surface area contributed by atoms with E-state index in [2.05, 4.69) is 0 Å². The third-order valence-electron chi connectivity index (χ3n) is 2.77. The van der Waals surface area contributed by atoms with Crippen molar-refractivity contribution in [2.45, 2.75) is 12.9 Å². The Hall–Kier alpha value is -1.22. The monoisotopic (exact) mass is 280 g/mol. The summed E-state index contributed by atoms with van der Waals surface area (Å²) in [6.07, 6.45) is -0.419. The van der Waals surface area contributed by atoms with Crippen LogP contribution in [0.4, 0.5) is 0 Å². The second-order valence-corrected chi connectivity index (χ2v) is 4.89. The predicted octanol–water partition coefficient (Wildman–Crippen LogP) is 4.60. The van der Waals surface area contributed by atoms with Gasteiger partial charge in [-0.3, -0.25) is 0 Å². The van der Waals surface area contributed by atoms with E-state index in [4.69, 9.17) is 32.7 Å². The van der Waals surface area contributed by atoms with Gasteiger partial charge in [-0.1, -0.05) is 53.5 Å². The standard InChI is InChI=1S/C14H10Cl2O2/c15-11-6-10-8-17-14(9-4-2-1-3-5-9)18-13(10)12(16)7-11/h1-7,14H,8H2. The fourth-order valence-corrected chi connectivity index (χ4v) is 2.51. The van der Waals surface area contributed by atoms with Crippen LogP contribution in [-0.2, 0) is 11.3 Å². The maximum absolute atomic E-state index is 6.14. The molecule has 0 aliphatic carbocycles. The molecule has 1 heterocycles. The molecule has 1 aliphatic heterocycles. The molecule has 0 fully saturated rings. The van der Waals surface area contributed by atoms with Crippen molar-refractivity contribution in [2.24, 2.45) is 0 Å². The maximum Gasteiger partial charge on any atom is 0.227 e. The average Bonchev–Trinajstić information content (AvgIpc) is 2.39. The number of fused-ring (bicyclic) bond motifs is 1. The van der Waals surface area contributed by atoms with E-state index < -0.39 is 6.29 Å². The molecule has 0 radical (unpaired) electrons. The van der Waals surface area contributed by atoms with Gasteiger partial charge in [0, 0.05) is 16.1 Å². The zero-order chi connectivity index (χ0) is 12.5. The van der Waals surface area contributed by atoms with Gasteiger partial charge in [-0.15, -0.1) is 0 Å². The molecule has 0 amide bonds. The van der Waals surface area contributed by atoms with Gasteiger partial charge in [0.25, 0.3) is 0 Å². The van der Waals surface area contributed by atoms with Crippen molar-refractivity contribution in [2.75, 3.05) is 0 Å². The second kappa shape index (κ2) is 4.81. The quantitative estimate of drug-likeness (QED) is 0.760. The van der Waals surface area contributed by atoms with Gasteiger partial charge < -0.3 is 9.47 Å². The molecule has 1 atom stereocenters. The Balaban J connectivity index is 1.94. The first-order valence-corrected chi connectivity index (χ1v) is 6.31. The molecule has 0 spiro atoms. The fraction of sp³-hybridized carbons (Fsp3) is 0.143. The number of hydrogen-bond acceptors (Lipinski definition) is 2. The first kappa shape index (κ1) is 11.8. The van der Waals surface area contributed by atoms with Crippen molar-refractivity contribution in [3.05, 3.63) is 63.6 Å². The summed E-state index contributed by atoms with van der Waals surface area (Å²) in [6.45, 7) is 0.440. The van der Waals surface area contributed by atoms with Gasteiger partial charge in [0.15, 0.2) is 0 Å². The summed E-state index contributed by atoms with van der Waals surface area (Å²) in [7, 11) is 0. The molecule has 4 heteroatoms. The first-order valence-electron chi connectivity index (χ1n) is 5.55. The van der Waals surface area contributed by atoms with Gasteiger partial charge in [0.2, 0.25) is 6.29 Å². The van der Waals surface area contributed by atoms with Crippen molar-refractivity contribution in [1.82, 2.24) is 0 Å². The summed E-state index contributed by atoms with van der Waals surface area (Å²) in [5, 5.41) is 1.10. The third kappa shape index (κ3) is 2.19. The number of halogens is 2. The van der Waals surface area contributed by atoms with Crippen LogP contribution in [0.3, 0.4) is 0 Å². The van der Waals surface area contributed by atoms with Gasteiger partial charge in [-0.2, -0.15) is 0 Å². The van der Waals surface area contributed by atoms with Gasteiger partial charge >= 0.3 is 0 Å². The fourth-order valence-electron chi connectivity index (χ4n) is 1.93. The topological polar surface area (TPSA) is 18.5 Å². The Bertz CT molecular complexity index is 570. The van der Waals surface area contributed by atoms with E-state index in [-0.39, 0.29) is 0 Å². The molecule has 0 saturated heterocycles. The minimum absolute atomic E-state index is 0.419. The van der Waals surface area contributed by atoms with Gasteiger partial charge in [0.05, 0.1) is 11.6 Å². The highest BCUT2D eigenvalue weighted by atomic mass is 35.5. The summed E-state index contributed by atoms with van der Waals surface area (Å²) < 4.78 is 11.5. The number of rotatable bonds is 1. The van der Waals surface area contributed by atoms with Crippen LogP contribution >= 0.6 is 23.2 Å². The number of hydrogen-bond donors (Lipinski definition) is 0. The summed E-state index contributed by atoms with van der Waals surface area (Å²) in [4.78, 5) is 0. The van der Waals surface area contributed by atoms with E-state index in [0.717, 1.165) is 11.1 Å². The van der Waals surface area contributed by atoms with Crippen LogP contribution < -0.4 is 4.74 Å². The molecular weight excluding hydrogens is 271 g/mol. The molecule has 0 saturated carbocycles. The molecule has 1 aliphatic rings. The lowest BCUT2D eigenvalue weighted by Gasteiger charge is -2.27. The summed E-state index contributed by atoms with van der Waals surface area (Å²) in [6, 6.07) is 13.2. The smallest absolute Gasteiger partial charge is 0.227 e. The van der Waals surface area contributed by atoms with E-state index in [0.29, 0.717) is 22.4 Å². The molecule has 1 unspecified atom stereocenters. The van der Waals surface area contributed by atoms with E-state index in [9.17, 15) is 0 Å². The zero-order valence-electron chi connectivity index (χ0n) is 9.40. The van der Waals surface area contributed by atoms with E-state index in [1.165, 1.54) is 0 Å². The highest BCUT2D eigenvalue weighted by molar-refractivity contribution is 6.35. The molecule has 2 aromatic carbocycles. The Morgan fingerprint density at radius 2 is 1.83 bits per heavy atom. The molecule has 18 heavy (non-hydrogen) atoms. The minimum Gasteiger partial charge on any atom is -0.459 e. The normalized spacial score (nSPS) is 18.0. The van der Waals surface area contributed by atoms with Crippen LogP contribution in [0, 0.1) is 0 Å². The van der Waals surface area contributed by atoms with Gasteiger partial charge in [-0.05, 0) is 12.1 Å². The first-order chi connectivity index (χ1) is 8.74. The largest absolute Gasteiger partial charge is 0.459 e. The average molecular weight is 281 g/mol. The third-order valence-corrected chi connectivity index (χ3v) is 3.27. The van der Waals surface area contributed by atoms with Crippen LogP contribution in [0.5, 0.6) is 5.75 Å². The molecular formula is C14H10Cl2O2. The van der Waals surface area contributed by atoms with E-state index >= 15 is 0 Å². The maximum atomic E-state index is 6.14. The van der Waals surface area contributed by atoms with Crippen LogP contribution in [0.25, 0.3) is 0 Å². The highest BCUT2D eigenvalue weighted by Crippen LogP contribution is 2.39. The summed E-state index contributed by atoms with van der Waals surface area (Å²) in [5.41, 5.74) is 1.84. The Morgan fingerprint density at radius 3 is 2.61 bits per heavy atom. The van der Waals surface area contributed by atoms with E-state index in [1.54, 1.807) is 6.07 Å². The predicted molar refractivity (Wildman–Crippen MR) is 71.1 cm³/mol. The molecule has 0 aromatic heterocycles. The number of ether oxygens (including phenoxy) is 2. The lowest BCUT2D eigenvalue weighted by Crippen LogP contribution is -2.18. The minimum atomic E-state index is -0.419. The van der Waals surface area contributed by atoms with Gasteiger partial charge in [0.1, 0.15) is 5.75 Å². The molecule has 92 valence electrons. The van der Waals surface area contributed by atoms with Crippen molar-refractivity contribution >= 4 is 23.2 Å². The zero-order valence-corrected chi connectivity index (χ0v) is 10.9. The molecule has 2 nitrogen and oxygen atoms in total. The SMILES string of the molecule is Clc1cc(Cl)c2c(c1)COC(c1ccccc1)O2. The Kier molecular flexibility index (Phi) is 3.16. The van der Waals surface area contributed by atoms with Crippen molar-refractivity contribution in [3.8, 4) is 5.75 Å². The van der Waals surface area contributed by atoms with Crippen molar-refractivity contribution in [3.63, 3.8) is 0 Å². The molecule has 2 aromatic rings. The number of benzene rings is 2. The van der Waals surface area contributed by atoms with Crippen LogP contribution in [0.15, 0.2) is 42.5 Å². The molecule has 0 N–H and O–H groups in total. The Morgan fingerprint density at radius 1 is 1.06 bits per heavy atom. The lowest BCUT2D eigenvalue weighted by molar-refractivity contribution is -0.111. The Labute approximate surface area is 115 Å². The highest BCUT2D eigenvalue weighted by Gasteiger charge is 2.24. The van der Waals surface area contributed by atoms with Crippen molar-refractivity contribution in [1.29, 1.82) is 0 Å². The summed E-state index contributed by atoms with van der Waals surface area (Å²) in [5.74, 6) is 0.654. The van der Waals surface area contributed by atoms with Crippen molar-refractivity contribution < 1.29 is 9.47 Å². The summed E-state index contributed by atoms with van der Waals surface area (Å²) >= 11 is 12.1. The molecule has 3 rings (SSSR count). The molecule has 0 bridgehead atoms. The van der Waals surface area contributed by atoms with E-state index in [1.807, 2.05) is 36.4 Å². The van der Waals surface area contributed by atoms with Crippen LogP contribution in [-0.4, -0.2) is 0 Å². The van der Waals surface area contributed by atoms with Crippen LogP contribution in [0.2, 0.25) is 10.0 Å². The van der Waals surface area contributed by atoms with Crippen LogP contribution in [0.1, 0.15) is 17.4 Å². The second-order valence-electron chi connectivity index (χ2n) is 4.05. The lowest BCUT2D eigenvalue weighted by atomic mass is 10.1. The van der Waals surface area contributed by atoms with Gasteiger partial charge in [-0.25, -0.2) is 0 Å².